The molecule has 7 nitrogen and oxygen atoms in total. The van der Waals surface area contributed by atoms with Crippen molar-refractivity contribution in [3.05, 3.63) is 33.9 Å². The quantitative estimate of drug-likeness (QED) is 0.580. The second kappa shape index (κ2) is 7.44. The van der Waals surface area contributed by atoms with Crippen molar-refractivity contribution in [3.8, 4) is 5.75 Å². The molecule has 2 N–H and O–H groups in total. The molecule has 1 aromatic carbocycles. The first kappa shape index (κ1) is 15.9. The number of carbonyl (C=O) groups excluding carboxylic acids is 1. The first-order chi connectivity index (χ1) is 9.49. The van der Waals surface area contributed by atoms with Gasteiger partial charge < -0.3 is 15.2 Å². The fourth-order valence-corrected chi connectivity index (χ4v) is 1.67. The Bertz CT molecular complexity index is 490. The summed E-state index contributed by atoms with van der Waals surface area (Å²) in [4.78, 5) is 22.2. The van der Waals surface area contributed by atoms with Gasteiger partial charge in [0.05, 0.1) is 12.0 Å². The predicted octanol–water partition coefficient (Wildman–Crippen LogP) is 1.35. The number of ether oxygens (including phenoxy) is 1. The number of hydrogen-bond acceptors (Lipinski definition) is 5. The van der Waals surface area contributed by atoms with E-state index in [1.807, 2.05) is 6.92 Å². The Morgan fingerprint density at radius 2 is 2.25 bits per heavy atom. The van der Waals surface area contributed by atoms with Gasteiger partial charge >= 0.3 is 5.69 Å². The third-order valence-electron chi connectivity index (χ3n) is 2.87. The summed E-state index contributed by atoms with van der Waals surface area (Å²) >= 11 is 0. The summed E-state index contributed by atoms with van der Waals surface area (Å²) in [5.41, 5.74) is -0.0442. The number of carbonyl (C=O) groups is 1. The number of hydrogen-bond donors (Lipinski definition) is 2. The molecule has 1 amide bonds. The van der Waals surface area contributed by atoms with Crippen LogP contribution in [0.3, 0.4) is 0 Å². The zero-order valence-electron chi connectivity index (χ0n) is 11.5. The number of aliphatic hydroxyl groups excluding tert-OH is 1. The fourth-order valence-electron chi connectivity index (χ4n) is 1.67. The predicted molar refractivity (Wildman–Crippen MR) is 72.8 cm³/mol. The third-order valence-corrected chi connectivity index (χ3v) is 2.87. The highest BCUT2D eigenvalue weighted by atomic mass is 16.6. The Labute approximate surface area is 116 Å². The van der Waals surface area contributed by atoms with Crippen LogP contribution in [-0.4, -0.2) is 36.2 Å². The minimum absolute atomic E-state index is 0.0606. The van der Waals surface area contributed by atoms with Crippen LogP contribution in [0.25, 0.3) is 0 Å². The molecule has 0 aliphatic carbocycles. The normalized spacial score (nSPS) is 11.8. The monoisotopic (exact) mass is 282 g/mol. The van der Waals surface area contributed by atoms with Gasteiger partial charge in [-0.15, -0.1) is 0 Å². The smallest absolute Gasteiger partial charge is 0.311 e. The molecule has 0 bridgehead atoms. The lowest BCUT2D eigenvalue weighted by Crippen LogP contribution is -2.28. The summed E-state index contributed by atoms with van der Waals surface area (Å²) in [6.45, 7) is 2.36. The fraction of sp³-hybridized carbons (Fsp3) is 0.462. The molecule has 1 unspecified atom stereocenters. The van der Waals surface area contributed by atoms with Gasteiger partial charge in [-0.25, -0.2) is 0 Å². The Morgan fingerprint density at radius 3 is 2.80 bits per heavy atom. The number of nitrogens with zero attached hydrogens (tertiary/aromatic N) is 1. The highest BCUT2D eigenvalue weighted by Crippen LogP contribution is 2.27. The molecule has 7 heteroatoms. The van der Waals surface area contributed by atoms with Gasteiger partial charge in [-0.05, 0) is 24.5 Å². The van der Waals surface area contributed by atoms with Crippen molar-refractivity contribution >= 4 is 11.6 Å². The minimum atomic E-state index is -0.593. The van der Waals surface area contributed by atoms with Gasteiger partial charge in [0.15, 0.2) is 5.75 Å². The number of methoxy groups -OCH3 is 1. The van der Waals surface area contributed by atoms with E-state index in [-0.39, 0.29) is 35.4 Å². The molecule has 0 spiro atoms. The Kier molecular flexibility index (Phi) is 5.92. The maximum absolute atomic E-state index is 11.9. The van der Waals surface area contributed by atoms with Crippen LogP contribution in [0.4, 0.5) is 5.69 Å². The van der Waals surface area contributed by atoms with Crippen LogP contribution < -0.4 is 10.1 Å². The van der Waals surface area contributed by atoms with Crippen molar-refractivity contribution in [2.45, 2.75) is 13.3 Å². The molecule has 1 rings (SSSR count). The number of aliphatic hydroxyl groups is 1. The van der Waals surface area contributed by atoms with E-state index in [9.17, 15) is 14.9 Å². The van der Waals surface area contributed by atoms with Gasteiger partial charge in [0.2, 0.25) is 0 Å². The van der Waals surface area contributed by atoms with Gasteiger partial charge in [0.25, 0.3) is 5.91 Å². The molecule has 0 saturated carbocycles. The lowest BCUT2D eigenvalue weighted by molar-refractivity contribution is -0.385. The van der Waals surface area contributed by atoms with E-state index in [0.717, 1.165) is 0 Å². The zero-order chi connectivity index (χ0) is 15.1. The highest BCUT2D eigenvalue weighted by Gasteiger charge is 2.18. The van der Waals surface area contributed by atoms with Gasteiger partial charge in [0.1, 0.15) is 0 Å². The van der Waals surface area contributed by atoms with Crippen LogP contribution in [0.2, 0.25) is 0 Å². The highest BCUT2D eigenvalue weighted by molar-refractivity contribution is 5.95. The summed E-state index contributed by atoms with van der Waals surface area (Å²) in [6, 6.07) is 4.05. The lowest BCUT2D eigenvalue weighted by atomic mass is 10.1. The SMILES string of the molecule is COc1ccc(C(=O)NCC(C)CCO)cc1[N+](=O)[O-]. The number of nitro groups is 1. The van der Waals surface area contributed by atoms with Crippen LogP contribution in [0.15, 0.2) is 18.2 Å². The van der Waals surface area contributed by atoms with E-state index in [0.29, 0.717) is 13.0 Å². The molecule has 110 valence electrons. The molecule has 1 aromatic rings. The van der Waals surface area contributed by atoms with Crippen molar-refractivity contribution in [3.63, 3.8) is 0 Å². The standard InChI is InChI=1S/C13H18N2O5/c1-9(5-6-16)8-14-13(17)10-3-4-12(20-2)11(7-10)15(18)19/h3-4,7,9,16H,5-6,8H2,1-2H3,(H,14,17). The van der Waals surface area contributed by atoms with Crippen molar-refractivity contribution in [1.29, 1.82) is 0 Å². The maximum atomic E-state index is 11.9. The molecule has 0 fully saturated rings. The largest absolute Gasteiger partial charge is 0.490 e. The second-order valence-corrected chi connectivity index (χ2v) is 4.47. The Hall–Kier alpha value is -2.15. The first-order valence-corrected chi connectivity index (χ1v) is 6.21. The van der Waals surface area contributed by atoms with Crippen LogP contribution in [-0.2, 0) is 0 Å². The van der Waals surface area contributed by atoms with Crippen molar-refractivity contribution in [2.24, 2.45) is 5.92 Å². The Balaban J connectivity index is 2.78. The maximum Gasteiger partial charge on any atom is 0.311 e. The lowest BCUT2D eigenvalue weighted by Gasteiger charge is -2.11. The Morgan fingerprint density at radius 1 is 1.55 bits per heavy atom. The van der Waals surface area contributed by atoms with E-state index in [1.165, 1.54) is 25.3 Å². The number of benzene rings is 1. The molecule has 0 aromatic heterocycles. The van der Waals surface area contributed by atoms with Gasteiger partial charge in [-0.3, -0.25) is 14.9 Å². The molecule has 0 heterocycles. The molecule has 0 saturated heterocycles. The van der Waals surface area contributed by atoms with Crippen LogP contribution in [0.1, 0.15) is 23.7 Å². The summed E-state index contributed by atoms with van der Waals surface area (Å²) in [5.74, 6) is -0.141. The van der Waals surface area contributed by atoms with E-state index < -0.39 is 4.92 Å². The molecular formula is C13H18N2O5. The van der Waals surface area contributed by atoms with Crippen LogP contribution in [0, 0.1) is 16.0 Å². The first-order valence-electron chi connectivity index (χ1n) is 6.21. The average Bonchev–Trinajstić information content (AvgIpc) is 2.44. The van der Waals surface area contributed by atoms with E-state index >= 15 is 0 Å². The van der Waals surface area contributed by atoms with E-state index in [2.05, 4.69) is 5.32 Å². The van der Waals surface area contributed by atoms with E-state index in [1.54, 1.807) is 0 Å². The summed E-state index contributed by atoms with van der Waals surface area (Å²) in [7, 11) is 1.33. The molecular weight excluding hydrogens is 264 g/mol. The van der Waals surface area contributed by atoms with Crippen LogP contribution >= 0.6 is 0 Å². The number of amides is 1. The molecule has 20 heavy (non-hydrogen) atoms. The number of nitro benzene ring substituents is 1. The topological polar surface area (TPSA) is 102 Å². The molecule has 0 aliphatic heterocycles. The molecule has 0 radical (unpaired) electrons. The number of rotatable bonds is 7. The van der Waals surface area contributed by atoms with Gasteiger partial charge in [-0.2, -0.15) is 0 Å². The zero-order valence-corrected chi connectivity index (χ0v) is 11.5. The average molecular weight is 282 g/mol. The van der Waals surface area contributed by atoms with Crippen molar-refractivity contribution < 1.29 is 19.6 Å². The van der Waals surface area contributed by atoms with Gasteiger partial charge in [-0.1, -0.05) is 6.92 Å². The summed E-state index contributed by atoms with van der Waals surface area (Å²) < 4.78 is 4.87. The van der Waals surface area contributed by atoms with Crippen molar-refractivity contribution in [1.82, 2.24) is 5.32 Å². The van der Waals surface area contributed by atoms with Crippen molar-refractivity contribution in [2.75, 3.05) is 20.3 Å². The second-order valence-electron chi connectivity index (χ2n) is 4.47. The molecule has 0 aliphatic rings. The summed E-state index contributed by atoms with van der Waals surface area (Å²) in [5, 5.41) is 22.3. The summed E-state index contributed by atoms with van der Waals surface area (Å²) in [6.07, 6.45) is 0.586. The molecule has 1 atom stereocenters. The minimum Gasteiger partial charge on any atom is -0.490 e. The van der Waals surface area contributed by atoms with Crippen LogP contribution in [0.5, 0.6) is 5.75 Å². The number of nitrogens with one attached hydrogen (secondary N) is 1. The van der Waals surface area contributed by atoms with E-state index in [4.69, 9.17) is 9.84 Å². The van der Waals surface area contributed by atoms with Gasteiger partial charge in [0, 0.05) is 24.8 Å². The third kappa shape index (κ3) is 4.20.